The quantitative estimate of drug-likeness (QED) is 0.162. The molecule has 4 aromatic carbocycles. The molecular formula is C34H31ClN2O7S. The van der Waals surface area contributed by atoms with E-state index in [4.69, 9.17) is 21.1 Å². The summed E-state index contributed by atoms with van der Waals surface area (Å²) in [7, 11) is -1.92. The maximum atomic E-state index is 12.4. The first kappa shape index (κ1) is 33.0. The number of aryl methyl sites for hydroxylation is 1. The van der Waals surface area contributed by atoms with Crippen molar-refractivity contribution < 1.29 is 32.6 Å². The van der Waals surface area contributed by atoms with E-state index in [-0.39, 0.29) is 22.0 Å². The second kappa shape index (κ2) is 15.7. The van der Waals surface area contributed by atoms with Crippen molar-refractivity contribution in [3.8, 4) is 11.5 Å². The minimum Gasteiger partial charge on any atom is -0.497 e. The van der Waals surface area contributed by atoms with E-state index in [1.54, 1.807) is 36.4 Å². The van der Waals surface area contributed by atoms with Gasteiger partial charge < -0.3 is 19.9 Å². The van der Waals surface area contributed by atoms with E-state index in [1.165, 1.54) is 48.9 Å². The van der Waals surface area contributed by atoms with Gasteiger partial charge in [-0.15, -0.1) is 0 Å². The monoisotopic (exact) mass is 646 g/mol. The molecule has 0 saturated carbocycles. The number of carbonyl (C=O) groups excluding carboxylic acids is 1. The summed E-state index contributed by atoms with van der Waals surface area (Å²) in [6.45, 7) is 0. The Bertz CT molecular complexity index is 1760. The molecule has 1 amide bonds. The molecule has 0 aliphatic carbocycles. The van der Waals surface area contributed by atoms with Crippen LogP contribution in [0.25, 0.3) is 10.9 Å². The van der Waals surface area contributed by atoms with Crippen LogP contribution in [0.1, 0.15) is 22.3 Å². The van der Waals surface area contributed by atoms with Gasteiger partial charge in [-0.3, -0.25) is 9.78 Å². The van der Waals surface area contributed by atoms with Gasteiger partial charge in [0.1, 0.15) is 11.5 Å². The van der Waals surface area contributed by atoms with E-state index >= 15 is 0 Å². The lowest BCUT2D eigenvalue weighted by atomic mass is 10.1. The predicted molar refractivity (Wildman–Crippen MR) is 173 cm³/mol. The van der Waals surface area contributed by atoms with E-state index in [9.17, 15) is 23.1 Å². The summed E-state index contributed by atoms with van der Waals surface area (Å²) in [5, 5.41) is 13.4. The van der Waals surface area contributed by atoms with Gasteiger partial charge in [-0.25, -0.2) is 13.2 Å². The number of methoxy groups -OCH3 is 1. The first-order chi connectivity index (χ1) is 21.6. The van der Waals surface area contributed by atoms with Gasteiger partial charge in [-0.2, -0.15) is 0 Å². The van der Waals surface area contributed by atoms with E-state index in [0.717, 1.165) is 11.1 Å². The number of ether oxygens (including phenoxy) is 2. The minimum atomic E-state index is -3.42. The molecule has 1 aromatic heterocycles. The molecule has 2 N–H and O–H groups in total. The van der Waals surface area contributed by atoms with Gasteiger partial charge in [0.25, 0.3) is 12.1 Å². The van der Waals surface area contributed by atoms with Crippen molar-refractivity contribution in [3.05, 3.63) is 132 Å². The molecule has 5 rings (SSSR count). The number of rotatable bonds is 11. The predicted octanol–water partition coefficient (Wildman–Crippen LogP) is 6.21. The zero-order chi connectivity index (χ0) is 32.2. The number of carboxylic acids is 1. The molecule has 1 heterocycles. The van der Waals surface area contributed by atoms with E-state index < -0.39 is 27.9 Å². The second-order valence-corrected chi connectivity index (χ2v) is 12.3. The van der Waals surface area contributed by atoms with Gasteiger partial charge in [-0.05, 0) is 91.2 Å². The van der Waals surface area contributed by atoms with Crippen molar-refractivity contribution >= 4 is 44.2 Å². The average Bonchev–Trinajstić information content (AvgIpc) is 3.05. The Balaban J connectivity index is 0.000000385. The maximum Gasteiger partial charge on any atom is 0.366 e. The first-order valence-electron chi connectivity index (χ1n) is 13.9. The van der Waals surface area contributed by atoms with Crippen LogP contribution in [0.2, 0.25) is 5.02 Å². The van der Waals surface area contributed by atoms with Crippen LogP contribution in [0.3, 0.4) is 0 Å². The van der Waals surface area contributed by atoms with Crippen LogP contribution in [-0.2, 0) is 21.1 Å². The van der Waals surface area contributed by atoms with E-state index in [0.29, 0.717) is 23.6 Å². The molecule has 0 aliphatic rings. The molecule has 0 bridgehead atoms. The van der Waals surface area contributed by atoms with Crippen LogP contribution >= 0.6 is 11.6 Å². The highest BCUT2D eigenvalue weighted by molar-refractivity contribution is 7.91. The Hall–Kier alpha value is -4.93. The molecule has 9 nitrogen and oxygen atoms in total. The number of pyridine rings is 1. The normalized spacial score (nSPS) is 11.5. The number of benzene rings is 4. The third-order valence-corrected chi connectivity index (χ3v) is 8.65. The summed E-state index contributed by atoms with van der Waals surface area (Å²) in [6, 6.07) is 30.9. The molecule has 0 spiro atoms. The van der Waals surface area contributed by atoms with Crippen molar-refractivity contribution in [3.63, 3.8) is 0 Å². The number of halogens is 1. The highest BCUT2D eigenvalue weighted by Crippen LogP contribution is 2.19. The molecule has 11 heteroatoms. The van der Waals surface area contributed by atoms with Gasteiger partial charge in [-0.1, -0.05) is 48.0 Å². The summed E-state index contributed by atoms with van der Waals surface area (Å²) in [4.78, 5) is 28.4. The Morgan fingerprint density at radius 2 is 1.51 bits per heavy atom. The van der Waals surface area contributed by atoms with Crippen LogP contribution in [0, 0.1) is 0 Å². The number of amides is 1. The Morgan fingerprint density at radius 3 is 2.16 bits per heavy atom. The summed E-state index contributed by atoms with van der Waals surface area (Å²) in [6.07, 6.45) is 1.12. The highest BCUT2D eigenvalue weighted by Gasteiger charge is 2.23. The summed E-state index contributed by atoms with van der Waals surface area (Å²) in [5.41, 5.74) is 2.17. The van der Waals surface area contributed by atoms with E-state index in [1.807, 2.05) is 30.5 Å². The van der Waals surface area contributed by atoms with Crippen LogP contribution in [-0.4, -0.2) is 49.5 Å². The van der Waals surface area contributed by atoms with Gasteiger partial charge >= 0.3 is 5.97 Å². The zero-order valence-corrected chi connectivity index (χ0v) is 25.9. The molecular weight excluding hydrogens is 616 g/mol. The average molecular weight is 647 g/mol. The molecule has 0 saturated heterocycles. The van der Waals surface area contributed by atoms with Gasteiger partial charge in [0, 0.05) is 22.2 Å². The van der Waals surface area contributed by atoms with Crippen molar-refractivity contribution in [1.82, 2.24) is 10.3 Å². The van der Waals surface area contributed by atoms with Crippen molar-refractivity contribution in [1.29, 1.82) is 0 Å². The van der Waals surface area contributed by atoms with Crippen LogP contribution < -0.4 is 14.8 Å². The highest BCUT2D eigenvalue weighted by atomic mass is 35.5. The molecule has 0 radical (unpaired) electrons. The van der Waals surface area contributed by atoms with Gasteiger partial charge in [0.05, 0.1) is 23.3 Å². The lowest BCUT2D eigenvalue weighted by molar-refractivity contribution is -0.146. The molecule has 1 atom stereocenters. The number of carboxylic acid groups (broad SMARTS) is 1. The number of hydrogen-bond donors (Lipinski definition) is 2. The van der Waals surface area contributed by atoms with E-state index in [2.05, 4.69) is 22.4 Å². The number of nitrogens with zero attached hydrogens (tertiary/aromatic N) is 1. The summed E-state index contributed by atoms with van der Waals surface area (Å²) in [5.74, 6) is -1.19. The number of sulfone groups is 1. The second-order valence-electron chi connectivity index (χ2n) is 9.75. The first-order valence-corrected chi connectivity index (χ1v) is 15.9. The fourth-order valence-electron chi connectivity index (χ4n) is 4.20. The van der Waals surface area contributed by atoms with Crippen molar-refractivity contribution in [2.24, 2.45) is 0 Å². The number of para-hydroxylation sites is 1. The lowest BCUT2D eigenvalue weighted by Crippen LogP contribution is -2.44. The largest absolute Gasteiger partial charge is 0.497 e. The zero-order valence-electron chi connectivity index (χ0n) is 24.3. The smallest absolute Gasteiger partial charge is 0.366 e. The van der Waals surface area contributed by atoms with Crippen LogP contribution in [0.4, 0.5) is 0 Å². The number of fused-ring (bicyclic) bond motifs is 1. The molecule has 232 valence electrons. The number of hydrogen-bond acceptors (Lipinski definition) is 7. The Morgan fingerprint density at radius 1 is 0.867 bits per heavy atom. The summed E-state index contributed by atoms with van der Waals surface area (Å²) < 4.78 is 35.3. The standard InChI is InChI=1S/C25H24ClNO7S.C9H7N/c1-33-20-12-6-18(7-13-20)23(28)27-24(25(29)30)34-21-10-4-17(5-11-21)3-2-16-35(31,32)22-14-8-19(26)9-15-22;1-2-6-9-8(4-1)5-3-7-10-9/h4-15,24H,2-3,16H2,1H3,(H,27,28)(H,29,30);1-7H. The van der Waals surface area contributed by atoms with Crippen LogP contribution in [0.5, 0.6) is 11.5 Å². The topological polar surface area (TPSA) is 132 Å². The molecule has 0 fully saturated rings. The Kier molecular flexibility index (Phi) is 11.5. The molecule has 45 heavy (non-hydrogen) atoms. The third kappa shape index (κ3) is 9.79. The number of carbonyl (C=O) groups is 2. The SMILES string of the molecule is COc1ccc(C(=O)NC(Oc2ccc(CCCS(=O)(=O)c3ccc(Cl)cc3)cc2)C(=O)O)cc1.c1ccc2ncccc2c1. The maximum absolute atomic E-state index is 12.4. The Labute approximate surface area is 266 Å². The number of nitrogens with one attached hydrogen (secondary N) is 1. The third-order valence-electron chi connectivity index (χ3n) is 6.58. The van der Waals surface area contributed by atoms with Gasteiger partial charge in [0.15, 0.2) is 9.84 Å². The molecule has 5 aromatic rings. The van der Waals surface area contributed by atoms with Crippen LogP contribution in [0.15, 0.2) is 120 Å². The fourth-order valence-corrected chi connectivity index (χ4v) is 5.64. The minimum absolute atomic E-state index is 0.0225. The van der Waals surface area contributed by atoms with Gasteiger partial charge in [0.2, 0.25) is 0 Å². The number of aromatic nitrogens is 1. The lowest BCUT2D eigenvalue weighted by Gasteiger charge is -2.17. The van der Waals surface area contributed by atoms with Crippen molar-refractivity contribution in [2.75, 3.05) is 12.9 Å². The molecule has 0 aliphatic heterocycles. The summed E-state index contributed by atoms with van der Waals surface area (Å²) >= 11 is 5.81. The number of aliphatic carboxylic acids is 1. The van der Waals surface area contributed by atoms with Crippen molar-refractivity contribution in [2.45, 2.75) is 24.0 Å². The molecule has 1 unspecified atom stereocenters. The fraction of sp³-hybridized carbons (Fsp3) is 0.147.